The second-order valence-corrected chi connectivity index (χ2v) is 4.19. The van der Waals surface area contributed by atoms with E-state index in [0.29, 0.717) is 17.3 Å². The number of rotatable bonds is 5. The van der Waals surface area contributed by atoms with Crippen molar-refractivity contribution in [3.63, 3.8) is 0 Å². The van der Waals surface area contributed by atoms with E-state index in [9.17, 15) is 0 Å². The lowest BCUT2D eigenvalue weighted by molar-refractivity contribution is 0.199. The van der Waals surface area contributed by atoms with Crippen molar-refractivity contribution in [1.82, 2.24) is 10.6 Å². The molecule has 0 saturated heterocycles. The van der Waals surface area contributed by atoms with E-state index in [0.717, 1.165) is 12.4 Å². The smallest absolute Gasteiger partial charge is 0.190 e. The molecule has 1 aromatic rings. The number of hydrogen-bond acceptors (Lipinski definition) is 2. The molecule has 0 amide bonds. The van der Waals surface area contributed by atoms with Crippen molar-refractivity contribution in [2.24, 2.45) is 4.99 Å². The highest BCUT2D eigenvalue weighted by Gasteiger charge is 2.10. The minimum atomic E-state index is 0.0509. The van der Waals surface area contributed by atoms with Gasteiger partial charge in [0.25, 0.3) is 0 Å². The fourth-order valence-electron chi connectivity index (χ4n) is 1.48. The summed E-state index contributed by atoms with van der Waals surface area (Å²) in [6.45, 7) is 2.75. The van der Waals surface area contributed by atoms with Gasteiger partial charge in [0.2, 0.25) is 0 Å². The molecule has 0 aliphatic rings. The average molecular weight is 270 g/mol. The highest BCUT2D eigenvalue weighted by atomic mass is 35.5. The molecule has 0 heterocycles. The summed E-state index contributed by atoms with van der Waals surface area (Å²) in [5, 5.41) is 6.78. The third kappa shape index (κ3) is 4.45. The Morgan fingerprint density at radius 2 is 2.17 bits per heavy atom. The number of aliphatic imine (C=N–C) groups is 1. The van der Waals surface area contributed by atoms with E-state index < -0.39 is 0 Å². The molecule has 1 rings (SSSR count). The van der Waals surface area contributed by atoms with Gasteiger partial charge in [-0.15, -0.1) is 0 Å². The summed E-state index contributed by atoms with van der Waals surface area (Å²) in [4.78, 5) is 4.05. The van der Waals surface area contributed by atoms with Crippen molar-refractivity contribution in [2.75, 3.05) is 20.6 Å². The Morgan fingerprint density at radius 1 is 1.44 bits per heavy atom. The zero-order valence-electron chi connectivity index (χ0n) is 11.0. The SMILES string of the molecule is CCC(CNC(=NC)NC)Oc1ccccc1Cl. The predicted octanol–water partition coefficient (Wildman–Crippen LogP) is 2.29. The Kier molecular flexibility index (Phi) is 6.36. The highest BCUT2D eigenvalue weighted by Crippen LogP contribution is 2.24. The van der Waals surface area contributed by atoms with Gasteiger partial charge in [-0.05, 0) is 18.6 Å². The molecular formula is C13H20ClN3O. The summed E-state index contributed by atoms with van der Waals surface area (Å²) in [6.07, 6.45) is 0.939. The van der Waals surface area contributed by atoms with Gasteiger partial charge in [-0.2, -0.15) is 0 Å². The van der Waals surface area contributed by atoms with Gasteiger partial charge in [0.05, 0.1) is 11.6 Å². The maximum atomic E-state index is 6.06. The standard InChI is InChI=1S/C13H20ClN3O/c1-4-10(9-17-13(15-2)16-3)18-12-8-6-5-7-11(12)14/h5-8,10H,4,9H2,1-3H3,(H2,15,16,17). The van der Waals surface area contributed by atoms with Crippen LogP contribution in [-0.4, -0.2) is 32.7 Å². The molecule has 0 radical (unpaired) electrons. The molecule has 0 aliphatic heterocycles. The molecule has 0 aromatic heterocycles. The first-order chi connectivity index (χ1) is 8.71. The fraction of sp³-hybridized carbons (Fsp3) is 0.462. The van der Waals surface area contributed by atoms with E-state index in [2.05, 4.69) is 22.5 Å². The van der Waals surface area contributed by atoms with Gasteiger partial charge in [0, 0.05) is 14.1 Å². The number of ether oxygens (including phenoxy) is 1. The number of hydrogen-bond donors (Lipinski definition) is 2. The summed E-state index contributed by atoms with van der Waals surface area (Å²) in [5.41, 5.74) is 0. The molecule has 18 heavy (non-hydrogen) atoms. The molecule has 0 aliphatic carbocycles. The van der Waals surface area contributed by atoms with Crippen LogP contribution in [0.4, 0.5) is 0 Å². The number of para-hydroxylation sites is 1. The number of guanidine groups is 1. The van der Waals surface area contributed by atoms with Crippen molar-refractivity contribution < 1.29 is 4.74 Å². The van der Waals surface area contributed by atoms with Gasteiger partial charge >= 0.3 is 0 Å². The topological polar surface area (TPSA) is 45.7 Å². The molecule has 0 bridgehead atoms. The lowest BCUT2D eigenvalue weighted by Gasteiger charge is -2.19. The van der Waals surface area contributed by atoms with Crippen molar-refractivity contribution in [3.05, 3.63) is 29.3 Å². The first kappa shape index (κ1) is 14.6. The predicted molar refractivity (Wildman–Crippen MR) is 76.6 cm³/mol. The average Bonchev–Trinajstić information content (AvgIpc) is 2.40. The third-order valence-corrected chi connectivity index (χ3v) is 2.86. The summed E-state index contributed by atoms with van der Waals surface area (Å²) >= 11 is 6.06. The molecular weight excluding hydrogens is 250 g/mol. The lowest BCUT2D eigenvalue weighted by atomic mass is 10.2. The summed E-state index contributed by atoms with van der Waals surface area (Å²) in [7, 11) is 3.56. The molecule has 1 unspecified atom stereocenters. The van der Waals surface area contributed by atoms with E-state index in [1.807, 2.05) is 31.3 Å². The number of nitrogens with one attached hydrogen (secondary N) is 2. The van der Waals surface area contributed by atoms with Gasteiger partial charge in [-0.1, -0.05) is 30.7 Å². The van der Waals surface area contributed by atoms with Crippen LogP contribution in [0.25, 0.3) is 0 Å². The van der Waals surface area contributed by atoms with Crippen LogP contribution in [0.15, 0.2) is 29.3 Å². The normalized spacial score (nSPS) is 13.0. The fourth-order valence-corrected chi connectivity index (χ4v) is 1.66. The van der Waals surface area contributed by atoms with Crippen LogP contribution < -0.4 is 15.4 Å². The van der Waals surface area contributed by atoms with Crippen LogP contribution in [0, 0.1) is 0 Å². The van der Waals surface area contributed by atoms with Crippen molar-refractivity contribution >= 4 is 17.6 Å². The Balaban J connectivity index is 2.55. The molecule has 0 saturated carbocycles. The third-order valence-electron chi connectivity index (χ3n) is 2.54. The lowest BCUT2D eigenvalue weighted by Crippen LogP contribution is -2.40. The Morgan fingerprint density at radius 3 is 2.72 bits per heavy atom. The maximum absolute atomic E-state index is 6.06. The zero-order chi connectivity index (χ0) is 13.4. The highest BCUT2D eigenvalue weighted by molar-refractivity contribution is 6.32. The largest absolute Gasteiger partial charge is 0.487 e. The second-order valence-electron chi connectivity index (χ2n) is 3.78. The first-order valence-electron chi connectivity index (χ1n) is 6.00. The molecule has 1 aromatic carbocycles. The number of benzene rings is 1. The Bertz CT molecular complexity index is 396. The van der Waals surface area contributed by atoms with E-state index in [1.165, 1.54) is 0 Å². The van der Waals surface area contributed by atoms with Crippen LogP contribution in [0.5, 0.6) is 5.75 Å². The number of halogens is 1. The Hall–Kier alpha value is -1.42. The van der Waals surface area contributed by atoms with E-state index in [-0.39, 0.29) is 6.10 Å². The van der Waals surface area contributed by atoms with Crippen molar-refractivity contribution in [2.45, 2.75) is 19.4 Å². The van der Waals surface area contributed by atoms with Gasteiger partial charge in [0.15, 0.2) is 5.96 Å². The minimum Gasteiger partial charge on any atom is -0.487 e. The van der Waals surface area contributed by atoms with Crippen LogP contribution in [-0.2, 0) is 0 Å². The molecule has 1 atom stereocenters. The van der Waals surface area contributed by atoms with Gasteiger partial charge in [-0.25, -0.2) is 0 Å². The molecule has 0 fully saturated rings. The summed E-state index contributed by atoms with van der Waals surface area (Å²) in [6, 6.07) is 7.49. The second kappa shape index (κ2) is 7.82. The molecule has 0 spiro atoms. The molecule has 2 N–H and O–H groups in total. The van der Waals surface area contributed by atoms with E-state index >= 15 is 0 Å². The zero-order valence-corrected chi connectivity index (χ0v) is 11.8. The number of nitrogens with zero attached hydrogens (tertiary/aromatic N) is 1. The van der Waals surface area contributed by atoms with Gasteiger partial charge < -0.3 is 15.4 Å². The summed E-state index contributed by atoms with van der Waals surface area (Å²) in [5.74, 6) is 1.46. The van der Waals surface area contributed by atoms with Crippen LogP contribution in [0.1, 0.15) is 13.3 Å². The quantitative estimate of drug-likeness (QED) is 0.637. The molecule has 4 nitrogen and oxygen atoms in total. The Labute approximate surface area is 113 Å². The van der Waals surface area contributed by atoms with Crippen LogP contribution in [0.2, 0.25) is 5.02 Å². The molecule has 5 heteroatoms. The van der Waals surface area contributed by atoms with E-state index in [1.54, 1.807) is 7.05 Å². The monoisotopic (exact) mass is 269 g/mol. The van der Waals surface area contributed by atoms with Crippen molar-refractivity contribution in [1.29, 1.82) is 0 Å². The summed E-state index contributed by atoms with van der Waals surface area (Å²) < 4.78 is 5.86. The maximum Gasteiger partial charge on any atom is 0.190 e. The molecule has 100 valence electrons. The first-order valence-corrected chi connectivity index (χ1v) is 6.38. The van der Waals surface area contributed by atoms with Gasteiger partial charge in [-0.3, -0.25) is 4.99 Å². The minimum absolute atomic E-state index is 0.0509. The van der Waals surface area contributed by atoms with Gasteiger partial charge in [0.1, 0.15) is 11.9 Å². The van der Waals surface area contributed by atoms with Crippen molar-refractivity contribution in [3.8, 4) is 5.75 Å². The van der Waals surface area contributed by atoms with Crippen LogP contribution in [0.3, 0.4) is 0 Å². The van der Waals surface area contributed by atoms with E-state index in [4.69, 9.17) is 16.3 Å². The van der Waals surface area contributed by atoms with Crippen LogP contribution >= 0.6 is 11.6 Å².